The van der Waals surface area contributed by atoms with E-state index < -0.39 is 0 Å². The molecule has 0 bridgehead atoms. The van der Waals surface area contributed by atoms with Gasteiger partial charge < -0.3 is 9.31 Å². The Morgan fingerprint density at radius 1 is 1.13 bits per heavy atom. The molecule has 15 heavy (non-hydrogen) atoms. The van der Waals surface area contributed by atoms with Crippen LogP contribution in [-0.4, -0.2) is 13.3 Å². The molecule has 1 aromatic carbocycles. The summed E-state index contributed by atoms with van der Waals surface area (Å²) in [5.74, 6) is 0. The summed E-state index contributed by atoms with van der Waals surface area (Å²) in [6.45, 7) is 0. The fourth-order valence-corrected chi connectivity index (χ4v) is 2.73. The first-order valence-corrected chi connectivity index (χ1v) is 5.61. The third kappa shape index (κ3) is 1.50. The number of hydrogen-bond donors (Lipinski definition) is 0. The lowest BCUT2D eigenvalue weighted by atomic mass is 9.90. The quantitative estimate of drug-likeness (QED) is 0.650. The normalized spacial score (nSPS) is 28.1. The van der Waals surface area contributed by atoms with E-state index in [1.165, 1.54) is 26.1 Å². The third-order valence-electron chi connectivity index (χ3n) is 3.50. The lowest BCUT2D eigenvalue weighted by molar-refractivity contribution is 0.0426. The molecule has 0 unspecified atom stereocenters. The molecule has 0 N–H and O–H groups in total. The topological polar surface area (TPSA) is 18.5 Å². The van der Waals surface area contributed by atoms with Gasteiger partial charge >= 0.3 is 7.69 Å². The minimum atomic E-state index is -0.0681. The van der Waals surface area contributed by atoms with Gasteiger partial charge in [-0.2, -0.15) is 0 Å². The maximum absolute atomic E-state index is 5.72. The highest BCUT2D eigenvalue weighted by molar-refractivity contribution is 6.19. The molecule has 77 valence electrons. The molecule has 3 rings (SSSR count). The summed E-state index contributed by atoms with van der Waals surface area (Å²) in [6.07, 6.45) is 4.83. The summed E-state index contributed by atoms with van der Waals surface area (Å²) in [5.41, 5.74) is 1.16. The second-order valence-electron chi connectivity index (χ2n) is 4.41. The summed E-state index contributed by atoms with van der Waals surface area (Å²) in [4.78, 5) is 0. The summed E-state index contributed by atoms with van der Waals surface area (Å²) in [6, 6.07) is 10.4. The summed E-state index contributed by atoms with van der Waals surface area (Å²) in [5, 5.41) is 0. The van der Waals surface area contributed by atoms with Gasteiger partial charge in [0.05, 0.1) is 11.7 Å². The predicted octanol–water partition coefficient (Wildman–Crippen LogP) is 2.62. The van der Waals surface area contributed by atoms with Crippen molar-refractivity contribution in [3.8, 4) is 0 Å². The standard InChI is InChI=1S/C12H14BO2/c1-2-6-10(7-3-1)11-12(15-13-14-11)8-4-5-9-12/h1-3,6-7,11H,4-5,8-9H2/t11-/m0/s1. The van der Waals surface area contributed by atoms with E-state index in [2.05, 4.69) is 24.3 Å². The Labute approximate surface area is 90.9 Å². The van der Waals surface area contributed by atoms with Gasteiger partial charge in [-0.25, -0.2) is 0 Å². The molecule has 1 radical (unpaired) electrons. The minimum Gasteiger partial charge on any atom is -0.405 e. The van der Waals surface area contributed by atoms with Crippen molar-refractivity contribution < 1.29 is 9.31 Å². The smallest absolute Gasteiger partial charge is 0.405 e. The van der Waals surface area contributed by atoms with Crippen LogP contribution in [0.1, 0.15) is 37.4 Å². The van der Waals surface area contributed by atoms with Crippen molar-refractivity contribution in [1.29, 1.82) is 0 Å². The predicted molar refractivity (Wildman–Crippen MR) is 58.3 cm³/mol. The Balaban J connectivity index is 1.92. The van der Waals surface area contributed by atoms with E-state index in [0.717, 1.165) is 12.8 Å². The summed E-state index contributed by atoms with van der Waals surface area (Å²) >= 11 is 0. The Kier molecular flexibility index (Phi) is 2.30. The molecule has 2 fully saturated rings. The van der Waals surface area contributed by atoms with Gasteiger partial charge in [-0.05, 0) is 18.4 Å². The SMILES string of the molecule is [B]1O[C@@H](c2ccccc2)C2(CCCC2)O1. The van der Waals surface area contributed by atoms with E-state index in [1.54, 1.807) is 0 Å². The summed E-state index contributed by atoms with van der Waals surface area (Å²) < 4.78 is 11.4. The Morgan fingerprint density at radius 2 is 1.87 bits per heavy atom. The van der Waals surface area contributed by atoms with Gasteiger partial charge in [0.1, 0.15) is 0 Å². The molecular formula is C12H14BO2. The highest BCUT2D eigenvalue weighted by Gasteiger charge is 2.48. The van der Waals surface area contributed by atoms with Gasteiger partial charge in [0.25, 0.3) is 0 Å². The molecule has 3 heteroatoms. The van der Waals surface area contributed by atoms with E-state index >= 15 is 0 Å². The first-order valence-electron chi connectivity index (χ1n) is 5.61. The molecule has 1 atom stereocenters. The van der Waals surface area contributed by atoms with Crippen molar-refractivity contribution in [1.82, 2.24) is 0 Å². The largest absolute Gasteiger partial charge is 0.489 e. The van der Waals surface area contributed by atoms with Crippen molar-refractivity contribution in [2.45, 2.75) is 37.4 Å². The second-order valence-corrected chi connectivity index (χ2v) is 4.41. The van der Waals surface area contributed by atoms with Crippen LogP contribution in [0, 0.1) is 0 Å². The first kappa shape index (κ1) is 9.43. The molecule has 1 heterocycles. The average Bonchev–Trinajstić information content (AvgIpc) is 2.91. The van der Waals surface area contributed by atoms with Crippen molar-refractivity contribution in [2.75, 3.05) is 0 Å². The fraction of sp³-hybridized carbons (Fsp3) is 0.500. The number of rotatable bonds is 1. The molecule has 1 aliphatic carbocycles. The van der Waals surface area contributed by atoms with Gasteiger partial charge in [0, 0.05) is 0 Å². The van der Waals surface area contributed by atoms with Gasteiger partial charge in [-0.15, -0.1) is 0 Å². The molecular weight excluding hydrogens is 187 g/mol. The molecule has 2 aliphatic rings. The zero-order valence-corrected chi connectivity index (χ0v) is 8.69. The average molecular weight is 201 g/mol. The molecule has 1 spiro atoms. The van der Waals surface area contributed by atoms with Crippen LogP contribution in [0.15, 0.2) is 30.3 Å². The second kappa shape index (κ2) is 3.65. The van der Waals surface area contributed by atoms with Crippen molar-refractivity contribution in [3.63, 3.8) is 0 Å². The Bertz CT molecular complexity index is 327. The number of benzene rings is 1. The summed E-state index contributed by atoms with van der Waals surface area (Å²) in [7, 11) is 1.53. The Morgan fingerprint density at radius 3 is 2.60 bits per heavy atom. The fourth-order valence-electron chi connectivity index (χ4n) is 2.73. The van der Waals surface area contributed by atoms with E-state index in [-0.39, 0.29) is 11.7 Å². The van der Waals surface area contributed by atoms with Crippen LogP contribution in [-0.2, 0) is 9.31 Å². The lowest BCUT2D eigenvalue weighted by Gasteiger charge is -2.29. The maximum Gasteiger partial charge on any atom is 0.489 e. The molecule has 0 aromatic heterocycles. The third-order valence-corrected chi connectivity index (χ3v) is 3.50. The monoisotopic (exact) mass is 201 g/mol. The minimum absolute atomic E-state index is 0.0681. The zero-order chi connectivity index (χ0) is 10.1. The first-order chi connectivity index (χ1) is 7.41. The van der Waals surface area contributed by atoms with Gasteiger partial charge in [-0.3, -0.25) is 0 Å². The van der Waals surface area contributed by atoms with Crippen LogP contribution in [0.2, 0.25) is 0 Å². The molecule has 1 saturated heterocycles. The van der Waals surface area contributed by atoms with Crippen LogP contribution >= 0.6 is 0 Å². The number of hydrogen-bond acceptors (Lipinski definition) is 2. The van der Waals surface area contributed by atoms with Crippen LogP contribution in [0.3, 0.4) is 0 Å². The van der Waals surface area contributed by atoms with Crippen LogP contribution in [0.5, 0.6) is 0 Å². The van der Waals surface area contributed by atoms with Gasteiger partial charge in [-0.1, -0.05) is 43.2 Å². The highest BCUT2D eigenvalue weighted by Crippen LogP contribution is 2.47. The highest BCUT2D eigenvalue weighted by atomic mass is 16.6. The van der Waals surface area contributed by atoms with Crippen molar-refractivity contribution in [2.24, 2.45) is 0 Å². The molecule has 2 nitrogen and oxygen atoms in total. The van der Waals surface area contributed by atoms with Crippen molar-refractivity contribution in [3.05, 3.63) is 35.9 Å². The maximum atomic E-state index is 5.72. The van der Waals surface area contributed by atoms with Crippen LogP contribution in [0.25, 0.3) is 0 Å². The van der Waals surface area contributed by atoms with E-state index in [1.807, 2.05) is 6.07 Å². The lowest BCUT2D eigenvalue weighted by Crippen LogP contribution is -2.30. The van der Waals surface area contributed by atoms with Gasteiger partial charge in [0.15, 0.2) is 0 Å². The molecule has 1 aromatic rings. The molecule has 1 aliphatic heterocycles. The van der Waals surface area contributed by atoms with Crippen LogP contribution < -0.4 is 0 Å². The zero-order valence-electron chi connectivity index (χ0n) is 8.69. The van der Waals surface area contributed by atoms with Gasteiger partial charge in [0.2, 0.25) is 0 Å². The van der Waals surface area contributed by atoms with E-state index in [9.17, 15) is 0 Å². The van der Waals surface area contributed by atoms with Crippen molar-refractivity contribution >= 4 is 7.69 Å². The molecule has 0 amide bonds. The van der Waals surface area contributed by atoms with Crippen LogP contribution in [0.4, 0.5) is 0 Å². The Hall–Kier alpha value is -0.795. The van der Waals surface area contributed by atoms with E-state index in [0.29, 0.717) is 0 Å². The molecule has 1 saturated carbocycles. The van der Waals surface area contributed by atoms with E-state index in [4.69, 9.17) is 9.31 Å².